The standard InChI is InChI=1S/C15H22N2O/c1-2-16-10-8-15(18)17-11-9-14(12-17)13-6-4-3-5-7-13/h3-7,14,16H,2,8-12H2,1H3. The molecule has 1 N–H and O–H groups in total. The van der Waals surface area contributed by atoms with E-state index >= 15 is 0 Å². The lowest BCUT2D eigenvalue weighted by atomic mass is 9.99. The summed E-state index contributed by atoms with van der Waals surface area (Å²) in [5, 5.41) is 3.20. The van der Waals surface area contributed by atoms with Crippen molar-refractivity contribution in [3.05, 3.63) is 35.9 Å². The van der Waals surface area contributed by atoms with Crippen LogP contribution in [0.2, 0.25) is 0 Å². The zero-order valence-electron chi connectivity index (χ0n) is 11.1. The van der Waals surface area contributed by atoms with Crippen molar-refractivity contribution in [3.63, 3.8) is 0 Å². The molecule has 98 valence electrons. The van der Waals surface area contributed by atoms with Crippen LogP contribution in [-0.2, 0) is 4.79 Å². The Balaban J connectivity index is 1.83. The molecule has 1 unspecified atom stereocenters. The molecule has 3 nitrogen and oxygen atoms in total. The van der Waals surface area contributed by atoms with Gasteiger partial charge in [0.25, 0.3) is 0 Å². The molecular formula is C15H22N2O. The van der Waals surface area contributed by atoms with E-state index in [4.69, 9.17) is 0 Å². The lowest BCUT2D eigenvalue weighted by Gasteiger charge is -2.16. The molecular weight excluding hydrogens is 224 g/mol. The number of hydrogen-bond acceptors (Lipinski definition) is 2. The van der Waals surface area contributed by atoms with Gasteiger partial charge in [0.2, 0.25) is 5.91 Å². The van der Waals surface area contributed by atoms with Gasteiger partial charge in [-0.1, -0.05) is 37.3 Å². The quantitative estimate of drug-likeness (QED) is 0.806. The Morgan fingerprint density at radius 3 is 2.89 bits per heavy atom. The van der Waals surface area contributed by atoms with Crippen LogP contribution in [-0.4, -0.2) is 37.0 Å². The summed E-state index contributed by atoms with van der Waals surface area (Å²) in [5.41, 5.74) is 1.36. The van der Waals surface area contributed by atoms with Crippen molar-refractivity contribution in [2.24, 2.45) is 0 Å². The number of likely N-dealkylation sites (tertiary alicyclic amines) is 1. The first-order valence-electron chi connectivity index (χ1n) is 6.84. The van der Waals surface area contributed by atoms with Crippen LogP contribution >= 0.6 is 0 Å². The summed E-state index contributed by atoms with van der Waals surface area (Å²) in [4.78, 5) is 14.0. The second-order valence-electron chi connectivity index (χ2n) is 4.84. The van der Waals surface area contributed by atoms with E-state index in [9.17, 15) is 4.79 Å². The molecule has 0 aromatic heterocycles. The molecule has 2 rings (SSSR count). The number of hydrogen-bond donors (Lipinski definition) is 1. The summed E-state index contributed by atoms with van der Waals surface area (Å²) in [6.45, 7) is 5.58. The minimum atomic E-state index is 0.286. The van der Waals surface area contributed by atoms with Crippen LogP contribution in [0, 0.1) is 0 Å². The summed E-state index contributed by atoms with van der Waals surface area (Å²) >= 11 is 0. The van der Waals surface area contributed by atoms with Crippen molar-refractivity contribution in [1.29, 1.82) is 0 Å². The van der Waals surface area contributed by atoms with Crippen molar-refractivity contribution in [2.75, 3.05) is 26.2 Å². The number of nitrogens with zero attached hydrogens (tertiary/aromatic N) is 1. The van der Waals surface area contributed by atoms with Crippen molar-refractivity contribution in [1.82, 2.24) is 10.2 Å². The Morgan fingerprint density at radius 1 is 1.39 bits per heavy atom. The van der Waals surface area contributed by atoms with E-state index in [0.29, 0.717) is 12.3 Å². The van der Waals surface area contributed by atoms with Crippen LogP contribution in [0.5, 0.6) is 0 Å². The summed E-state index contributed by atoms with van der Waals surface area (Å²) in [6, 6.07) is 10.5. The number of carbonyl (C=O) groups excluding carboxylic acids is 1. The van der Waals surface area contributed by atoms with Crippen molar-refractivity contribution in [2.45, 2.75) is 25.7 Å². The highest BCUT2D eigenvalue weighted by Crippen LogP contribution is 2.27. The number of rotatable bonds is 5. The van der Waals surface area contributed by atoms with E-state index in [0.717, 1.165) is 32.6 Å². The van der Waals surface area contributed by atoms with Gasteiger partial charge in [0, 0.05) is 32.0 Å². The third-order valence-corrected chi connectivity index (χ3v) is 3.58. The highest BCUT2D eigenvalue weighted by atomic mass is 16.2. The Kier molecular flexibility index (Phi) is 4.76. The summed E-state index contributed by atoms with van der Waals surface area (Å²) in [5.74, 6) is 0.809. The zero-order chi connectivity index (χ0) is 12.8. The van der Waals surface area contributed by atoms with Gasteiger partial charge in [-0.15, -0.1) is 0 Å². The maximum absolute atomic E-state index is 12.0. The highest BCUT2D eigenvalue weighted by Gasteiger charge is 2.26. The van der Waals surface area contributed by atoms with Crippen molar-refractivity contribution in [3.8, 4) is 0 Å². The molecule has 1 saturated heterocycles. The van der Waals surface area contributed by atoms with Gasteiger partial charge in [-0.2, -0.15) is 0 Å². The maximum Gasteiger partial charge on any atom is 0.223 e. The first-order valence-corrected chi connectivity index (χ1v) is 6.84. The second kappa shape index (κ2) is 6.55. The minimum Gasteiger partial charge on any atom is -0.342 e. The number of carbonyl (C=O) groups is 1. The minimum absolute atomic E-state index is 0.286. The van der Waals surface area contributed by atoms with Crippen LogP contribution in [0.4, 0.5) is 0 Å². The molecule has 1 amide bonds. The number of nitrogens with one attached hydrogen (secondary N) is 1. The summed E-state index contributed by atoms with van der Waals surface area (Å²) in [7, 11) is 0. The van der Waals surface area contributed by atoms with Gasteiger partial charge in [0.15, 0.2) is 0 Å². The van der Waals surface area contributed by atoms with Gasteiger partial charge < -0.3 is 10.2 Å². The Bertz CT molecular complexity index is 377. The Hall–Kier alpha value is -1.35. The lowest BCUT2D eigenvalue weighted by molar-refractivity contribution is -0.130. The fourth-order valence-electron chi connectivity index (χ4n) is 2.51. The topological polar surface area (TPSA) is 32.3 Å². The normalized spacial score (nSPS) is 19.2. The molecule has 1 fully saturated rings. The van der Waals surface area contributed by atoms with E-state index in [1.54, 1.807) is 0 Å². The molecule has 1 aliphatic rings. The molecule has 1 aliphatic heterocycles. The van der Waals surface area contributed by atoms with Gasteiger partial charge in [-0.05, 0) is 18.5 Å². The molecule has 3 heteroatoms. The van der Waals surface area contributed by atoms with Crippen LogP contribution < -0.4 is 5.32 Å². The number of amides is 1. The predicted molar refractivity (Wildman–Crippen MR) is 73.5 cm³/mol. The van der Waals surface area contributed by atoms with Crippen LogP contribution in [0.25, 0.3) is 0 Å². The number of benzene rings is 1. The van der Waals surface area contributed by atoms with Crippen LogP contribution in [0.3, 0.4) is 0 Å². The molecule has 1 heterocycles. The second-order valence-corrected chi connectivity index (χ2v) is 4.84. The lowest BCUT2D eigenvalue weighted by Crippen LogP contribution is -2.31. The van der Waals surface area contributed by atoms with Crippen LogP contribution in [0.1, 0.15) is 31.2 Å². The largest absolute Gasteiger partial charge is 0.342 e. The van der Waals surface area contributed by atoms with E-state index in [-0.39, 0.29) is 5.91 Å². The zero-order valence-corrected chi connectivity index (χ0v) is 11.1. The third kappa shape index (κ3) is 3.33. The smallest absolute Gasteiger partial charge is 0.223 e. The van der Waals surface area contributed by atoms with Gasteiger partial charge in [0.05, 0.1) is 0 Å². The van der Waals surface area contributed by atoms with Crippen molar-refractivity contribution >= 4 is 5.91 Å². The predicted octanol–water partition coefficient (Wildman–Crippen LogP) is 2.00. The van der Waals surface area contributed by atoms with Crippen LogP contribution in [0.15, 0.2) is 30.3 Å². The fourth-order valence-corrected chi connectivity index (χ4v) is 2.51. The summed E-state index contributed by atoms with van der Waals surface area (Å²) < 4.78 is 0. The first kappa shape index (κ1) is 13.1. The fraction of sp³-hybridized carbons (Fsp3) is 0.533. The Morgan fingerprint density at radius 2 is 2.17 bits per heavy atom. The average Bonchev–Trinajstić information content (AvgIpc) is 2.89. The molecule has 0 spiro atoms. The van der Waals surface area contributed by atoms with Gasteiger partial charge >= 0.3 is 0 Å². The first-order chi connectivity index (χ1) is 8.81. The molecule has 1 aromatic carbocycles. The molecule has 1 aromatic rings. The monoisotopic (exact) mass is 246 g/mol. The molecule has 1 atom stereocenters. The highest BCUT2D eigenvalue weighted by molar-refractivity contribution is 5.76. The molecule has 0 aliphatic carbocycles. The average molecular weight is 246 g/mol. The van der Waals surface area contributed by atoms with E-state index in [1.165, 1.54) is 5.56 Å². The molecule has 0 radical (unpaired) electrons. The van der Waals surface area contributed by atoms with Gasteiger partial charge in [0.1, 0.15) is 0 Å². The van der Waals surface area contributed by atoms with Crippen molar-refractivity contribution < 1.29 is 4.79 Å². The summed E-state index contributed by atoms with van der Waals surface area (Å²) in [6.07, 6.45) is 1.71. The van der Waals surface area contributed by atoms with E-state index < -0.39 is 0 Å². The van der Waals surface area contributed by atoms with E-state index in [1.807, 2.05) is 11.0 Å². The molecule has 0 saturated carbocycles. The molecule has 18 heavy (non-hydrogen) atoms. The maximum atomic E-state index is 12.0. The van der Waals surface area contributed by atoms with Gasteiger partial charge in [-0.3, -0.25) is 4.79 Å². The Labute approximate surface area is 109 Å². The van der Waals surface area contributed by atoms with E-state index in [2.05, 4.69) is 36.5 Å². The SMILES string of the molecule is CCNCCC(=O)N1CCC(c2ccccc2)C1. The van der Waals surface area contributed by atoms with Gasteiger partial charge in [-0.25, -0.2) is 0 Å². The molecule has 0 bridgehead atoms. The third-order valence-electron chi connectivity index (χ3n) is 3.58.